The number of likely N-dealkylation sites (tertiary alicyclic amines) is 1. The fourth-order valence-electron chi connectivity index (χ4n) is 3.12. The Morgan fingerprint density at radius 3 is 2.62 bits per heavy atom. The van der Waals surface area contributed by atoms with Crippen LogP contribution in [0, 0.1) is 0 Å². The first-order valence-corrected chi connectivity index (χ1v) is 8.50. The molecule has 1 fully saturated rings. The van der Waals surface area contributed by atoms with Crippen LogP contribution >= 0.6 is 0 Å². The van der Waals surface area contributed by atoms with E-state index >= 15 is 0 Å². The topological polar surface area (TPSA) is 70.7 Å². The van der Waals surface area contributed by atoms with Gasteiger partial charge in [-0.2, -0.15) is 0 Å². The summed E-state index contributed by atoms with van der Waals surface area (Å²) >= 11 is 0. The van der Waals surface area contributed by atoms with E-state index < -0.39 is 5.97 Å². The van der Waals surface area contributed by atoms with Gasteiger partial charge in [0.15, 0.2) is 0 Å². The van der Waals surface area contributed by atoms with Crippen LogP contribution in [0.2, 0.25) is 0 Å². The zero-order chi connectivity index (χ0) is 17.5. The summed E-state index contributed by atoms with van der Waals surface area (Å²) in [4.78, 5) is 25.9. The van der Waals surface area contributed by atoms with Gasteiger partial charge in [0, 0.05) is 24.3 Å². The molecule has 1 aliphatic rings. The third-order valence-electron chi connectivity index (χ3n) is 4.54. The number of methoxy groups -OCH3 is 1. The molecule has 2 atom stereocenters. The van der Waals surface area contributed by atoms with E-state index in [1.807, 2.05) is 0 Å². The number of hydrogen-bond donors (Lipinski definition) is 2. The van der Waals surface area contributed by atoms with Crippen molar-refractivity contribution in [2.75, 3.05) is 25.5 Å². The van der Waals surface area contributed by atoms with Gasteiger partial charge in [0.05, 0.1) is 12.7 Å². The van der Waals surface area contributed by atoms with E-state index in [1.54, 1.807) is 24.3 Å². The van der Waals surface area contributed by atoms with E-state index in [2.05, 4.69) is 34.1 Å². The maximum Gasteiger partial charge on any atom is 0.337 e. The number of carbonyl (C=O) groups is 2. The molecule has 6 nitrogen and oxygen atoms in total. The number of ether oxygens (including phenoxy) is 1. The van der Waals surface area contributed by atoms with E-state index in [9.17, 15) is 9.59 Å². The number of esters is 1. The number of amides is 2. The Hall–Kier alpha value is -2.08. The van der Waals surface area contributed by atoms with Gasteiger partial charge in [0.25, 0.3) is 0 Å². The predicted molar refractivity (Wildman–Crippen MR) is 94.3 cm³/mol. The summed E-state index contributed by atoms with van der Waals surface area (Å²) in [7, 11) is 1.34. The molecule has 0 spiro atoms. The van der Waals surface area contributed by atoms with Crippen molar-refractivity contribution in [2.24, 2.45) is 0 Å². The van der Waals surface area contributed by atoms with Crippen molar-refractivity contribution in [1.29, 1.82) is 0 Å². The van der Waals surface area contributed by atoms with Crippen LogP contribution in [0.15, 0.2) is 24.3 Å². The molecule has 2 N–H and O–H groups in total. The molecule has 0 saturated carbocycles. The highest BCUT2D eigenvalue weighted by Gasteiger charge is 2.23. The molecule has 2 amide bonds. The second-order valence-corrected chi connectivity index (χ2v) is 6.34. The van der Waals surface area contributed by atoms with Gasteiger partial charge in [0.1, 0.15) is 0 Å². The van der Waals surface area contributed by atoms with Crippen LogP contribution in [0.25, 0.3) is 0 Å². The Labute approximate surface area is 143 Å². The monoisotopic (exact) mass is 333 g/mol. The molecule has 0 bridgehead atoms. The summed E-state index contributed by atoms with van der Waals surface area (Å²) in [5, 5.41) is 5.69. The molecule has 24 heavy (non-hydrogen) atoms. The average Bonchev–Trinajstić information content (AvgIpc) is 2.60. The van der Waals surface area contributed by atoms with Crippen molar-refractivity contribution in [3.8, 4) is 0 Å². The molecule has 132 valence electrons. The van der Waals surface area contributed by atoms with E-state index in [1.165, 1.54) is 26.4 Å². The predicted octanol–water partition coefficient (Wildman–Crippen LogP) is 2.86. The van der Waals surface area contributed by atoms with Crippen LogP contribution in [-0.2, 0) is 4.74 Å². The standard InChI is InChI=1S/C18H27N3O3/c1-13-6-4-5-11-21(13)14(2)12-19-18(23)20-16-9-7-15(8-10-16)17(22)24-3/h7-10,13-14H,4-6,11-12H2,1-3H3,(H2,19,20,23)/t13-,14-/m0/s1. The van der Waals surface area contributed by atoms with Gasteiger partial charge in [-0.05, 0) is 57.5 Å². The van der Waals surface area contributed by atoms with Crippen LogP contribution in [0.3, 0.4) is 0 Å². The van der Waals surface area contributed by atoms with Crippen molar-refractivity contribution in [1.82, 2.24) is 10.2 Å². The third kappa shape index (κ3) is 4.96. The summed E-state index contributed by atoms with van der Waals surface area (Å²) < 4.78 is 4.65. The van der Waals surface area contributed by atoms with Crippen LogP contribution in [0.5, 0.6) is 0 Å². The molecule has 1 saturated heterocycles. The summed E-state index contributed by atoms with van der Waals surface area (Å²) in [6.07, 6.45) is 3.75. The van der Waals surface area contributed by atoms with Crippen molar-refractivity contribution in [2.45, 2.75) is 45.2 Å². The maximum atomic E-state index is 12.0. The summed E-state index contributed by atoms with van der Waals surface area (Å²) in [5.74, 6) is -0.393. The molecule has 1 aliphatic heterocycles. The number of nitrogens with zero attached hydrogens (tertiary/aromatic N) is 1. The smallest absolute Gasteiger partial charge is 0.337 e. The fourth-order valence-corrected chi connectivity index (χ4v) is 3.12. The van der Waals surface area contributed by atoms with Gasteiger partial charge in [-0.15, -0.1) is 0 Å². The third-order valence-corrected chi connectivity index (χ3v) is 4.54. The van der Waals surface area contributed by atoms with E-state index in [4.69, 9.17) is 0 Å². The van der Waals surface area contributed by atoms with Crippen LogP contribution in [0.4, 0.5) is 10.5 Å². The first-order valence-electron chi connectivity index (χ1n) is 8.50. The maximum absolute atomic E-state index is 12.0. The van der Waals surface area contributed by atoms with E-state index in [0.717, 1.165) is 6.54 Å². The summed E-state index contributed by atoms with van der Waals surface area (Å²) in [6.45, 7) is 6.10. The highest BCUT2D eigenvalue weighted by Crippen LogP contribution is 2.18. The molecule has 1 aromatic carbocycles. The highest BCUT2D eigenvalue weighted by atomic mass is 16.5. The number of anilines is 1. The van der Waals surface area contributed by atoms with Gasteiger partial charge in [-0.1, -0.05) is 6.42 Å². The van der Waals surface area contributed by atoms with Crippen molar-refractivity contribution >= 4 is 17.7 Å². The number of nitrogens with one attached hydrogen (secondary N) is 2. The van der Waals surface area contributed by atoms with Gasteiger partial charge in [0.2, 0.25) is 0 Å². The largest absolute Gasteiger partial charge is 0.465 e. The second-order valence-electron chi connectivity index (χ2n) is 6.34. The number of piperidine rings is 1. The highest BCUT2D eigenvalue weighted by molar-refractivity contribution is 5.92. The van der Waals surface area contributed by atoms with Gasteiger partial charge in [-0.3, -0.25) is 4.90 Å². The molecule has 6 heteroatoms. The minimum atomic E-state index is -0.393. The Bertz CT molecular complexity index is 559. The van der Waals surface area contributed by atoms with Crippen LogP contribution < -0.4 is 10.6 Å². The summed E-state index contributed by atoms with van der Waals surface area (Å²) in [5.41, 5.74) is 1.09. The molecule has 1 heterocycles. The number of hydrogen-bond acceptors (Lipinski definition) is 4. The van der Waals surface area contributed by atoms with Gasteiger partial charge >= 0.3 is 12.0 Å². The Kier molecular flexibility index (Phi) is 6.61. The average molecular weight is 333 g/mol. The summed E-state index contributed by atoms with van der Waals surface area (Å²) in [6, 6.07) is 7.26. The Morgan fingerprint density at radius 2 is 2.00 bits per heavy atom. The van der Waals surface area contributed by atoms with E-state index in [-0.39, 0.29) is 6.03 Å². The fraction of sp³-hybridized carbons (Fsp3) is 0.556. The number of urea groups is 1. The minimum Gasteiger partial charge on any atom is -0.465 e. The molecule has 0 aliphatic carbocycles. The Balaban J connectivity index is 1.79. The van der Waals surface area contributed by atoms with Gasteiger partial charge in [-0.25, -0.2) is 9.59 Å². The Morgan fingerprint density at radius 1 is 1.29 bits per heavy atom. The zero-order valence-corrected chi connectivity index (χ0v) is 14.7. The molecule has 0 radical (unpaired) electrons. The number of rotatable bonds is 5. The minimum absolute atomic E-state index is 0.239. The first kappa shape index (κ1) is 18.3. The molecule has 1 aromatic rings. The molecule has 2 rings (SSSR count). The zero-order valence-electron chi connectivity index (χ0n) is 14.7. The SMILES string of the molecule is COC(=O)c1ccc(NC(=O)NC[C@H](C)N2CCCC[C@@H]2C)cc1. The molecular weight excluding hydrogens is 306 g/mol. The number of carbonyl (C=O) groups excluding carboxylic acids is 2. The normalized spacial score (nSPS) is 19.4. The van der Waals surface area contributed by atoms with E-state index in [0.29, 0.717) is 29.9 Å². The van der Waals surface area contributed by atoms with Gasteiger partial charge < -0.3 is 15.4 Å². The quantitative estimate of drug-likeness (QED) is 0.813. The lowest BCUT2D eigenvalue weighted by molar-refractivity contribution is 0.0600. The van der Waals surface area contributed by atoms with Crippen molar-refractivity contribution < 1.29 is 14.3 Å². The van der Waals surface area contributed by atoms with Crippen molar-refractivity contribution in [3.63, 3.8) is 0 Å². The second kappa shape index (κ2) is 8.68. The molecule has 0 aromatic heterocycles. The lowest BCUT2D eigenvalue weighted by Crippen LogP contribution is -2.49. The van der Waals surface area contributed by atoms with Crippen LogP contribution in [-0.4, -0.2) is 49.2 Å². The first-order chi connectivity index (χ1) is 11.5. The van der Waals surface area contributed by atoms with Crippen molar-refractivity contribution in [3.05, 3.63) is 29.8 Å². The number of benzene rings is 1. The van der Waals surface area contributed by atoms with Crippen LogP contribution in [0.1, 0.15) is 43.5 Å². The lowest BCUT2D eigenvalue weighted by Gasteiger charge is -2.38. The molecule has 0 unspecified atom stereocenters. The lowest BCUT2D eigenvalue weighted by atomic mass is 10.0. The molecular formula is C18H27N3O3.